The number of ether oxygens (including phenoxy) is 1. The fourth-order valence-electron chi connectivity index (χ4n) is 4.21. The van der Waals surface area contributed by atoms with Gasteiger partial charge in [-0.3, -0.25) is 4.79 Å². The lowest BCUT2D eigenvalue weighted by molar-refractivity contribution is -0.123. The Bertz CT molecular complexity index is 723. The molecule has 1 amide bonds. The predicted octanol–water partition coefficient (Wildman–Crippen LogP) is 3.10. The molecule has 4 nitrogen and oxygen atoms in total. The summed E-state index contributed by atoms with van der Waals surface area (Å²) in [7, 11) is 1.66. The topological polar surface area (TPSA) is 41.6 Å². The number of thiophene rings is 1. The average Bonchev–Trinajstić information content (AvgIpc) is 3.17. The lowest BCUT2D eigenvalue weighted by Gasteiger charge is -2.45. The molecule has 2 atom stereocenters. The van der Waals surface area contributed by atoms with Gasteiger partial charge in [-0.1, -0.05) is 18.2 Å². The van der Waals surface area contributed by atoms with Crippen molar-refractivity contribution in [2.75, 3.05) is 26.7 Å². The van der Waals surface area contributed by atoms with Crippen LogP contribution in [0.25, 0.3) is 0 Å². The number of methoxy groups -OCH3 is 1. The molecule has 2 bridgehead atoms. The van der Waals surface area contributed by atoms with Crippen LogP contribution in [0.5, 0.6) is 5.75 Å². The SMILES string of the molecule is COc1ccccc1C(C(=O)NC1CN2CCC1CC2)c1ccsc1. The van der Waals surface area contributed by atoms with Gasteiger partial charge in [-0.05, 0) is 60.3 Å². The van der Waals surface area contributed by atoms with Crippen molar-refractivity contribution in [2.24, 2.45) is 5.92 Å². The van der Waals surface area contributed by atoms with E-state index in [4.69, 9.17) is 4.74 Å². The third-order valence-corrected chi connectivity index (χ3v) is 6.27. The van der Waals surface area contributed by atoms with Gasteiger partial charge in [0, 0.05) is 18.2 Å². The first-order valence-corrected chi connectivity index (χ1v) is 9.88. The molecule has 3 fully saturated rings. The van der Waals surface area contributed by atoms with Gasteiger partial charge in [-0.2, -0.15) is 11.3 Å². The van der Waals surface area contributed by atoms with Crippen LogP contribution < -0.4 is 10.1 Å². The lowest BCUT2D eigenvalue weighted by Crippen LogP contribution is -2.57. The summed E-state index contributed by atoms with van der Waals surface area (Å²) in [5.41, 5.74) is 1.97. The third-order valence-electron chi connectivity index (χ3n) is 5.57. The number of hydrogen-bond donors (Lipinski definition) is 1. The van der Waals surface area contributed by atoms with Crippen LogP contribution in [-0.2, 0) is 4.79 Å². The van der Waals surface area contributed by atoms with E-state index < -0.39 is 0 Å². The number of piperidine rings is 3. The van der Waals surface area contributed by atoms with Crippen LogP contribution in [0.4, 0.5) is 0 Å². The number of carbonyl (C=O) groups is 1. The predicted molar refractivity (Wildman–Crippen MR) is 100 cm³/mol. The van der Waals surface area contributed by atoms with Crippen molar-refractivity contribution in [1.29, 1.82) is 0 Å². The Labute approximate surface area is 152 Å². The second-order valence-corrected chi connectivity index (χ2v) is 7.76. The number of carbonyl (C=O) groups excluding carboxylic acids is 1. The minimum Gasteiger partial charge on any atom is -0.496 e. The van der Waals surface area contributed by atoms with Crippen molar-refractivity contribution in [1.82, 2.24) is 10.2 Å². The fourth-order valence-corrected chi connectivity index (χ4v) is 4.90. The maximum absolute atomic E-state index is 13.3. The van der Waals surface area contributed by atoms with Gasteiger partial charge in [0.05, 0.1) is 13.0 Å². The molecule has 3 aliphatic rings. The van der Waals surface area contributed by atoms with Gasteiger partial charge in [0.25, 0.3) is 0 Å². The van der Waals surface area contributed by atoms with Gasteiger partial charge in [-0.15, -0.1) is 0 Å². The van der Waals surface area contributed by atoms with Gasteiger partial charge in [0.15, 0.2) is 0 Å². The van der Waals surface area contributed by atoms with Crippen LogP contribution in [0.1, 0.15) is 29.9 Å². The average molecular weight is 356 g/mol. The molecule has 1 aromatic carbocycles. The standard InChI is InChI=1S/C20H24N2O2S/c1-24-18-5-3-2-4-16(18)19(15-8-11-25-13-15)20(23)21-17-12-22-9-6-14(17)7-10-22/h2-5,8,11,13-14,17,19H,6-7,9-10,12H2,1H3,(H,21,23). The minimum atomic E-state index is -0.321. The van der Waals surface area contributed by atoms with Crippen LogP contribution in [0.2, 0.25) is 0 Å². The Morgan fingerprint density at radius 2 is 2.08 bits per heavy atom. The van der Waals surface area contributed by atoms with Crippen LogP contribution in [0, 0.1) is 5.92 Å². The van der Waals surface area contributed by atoms with Crippen molar-refractivity contribution < 1.29 is 9.53 Å². The normalized spacial score (nSPS) is 26.2. The molecule has 2 aromatic rings. The maximum Gasteiger partial charge on any atom is 0.232 e. The summed E-state index contributed by atoms with van der Waals surface area (Å²) in [6.45, 7) is 3.34. The molecule has 2 unspecified atom stereocenters. The number of nitrogens with one attached hydrogen (secondary N) is 1. The zero-order valence-corrected chi connectivity index (χ0v) is 15.3. The Kier molecular flexibility index (Phi) is 4.77. The zero-order chi connectivity index (χ0) is 17.2. The Morgan fingerprint density at radius 1 is 1.28 bits per heavy atom. The highest BCUT2D eigenvalue weighted by molar-refractivity contribution is 7.08. The molecule has 3 saturated heterocycles. The number of para-hydroxylation sites is 1. The molecule has 25 heavy (non-hydrogen) atoms. The molecule has 0 saturated carbocycles. The van der Waals surface area contributed by atoms with E-state index in [1.54, 1.807) is 18.4 Å². The second kappa shape index (κ2) is 7.18. The third kappa shape index (κ3) is 3.31. The lowest BCUT2D eigenvalue weighted by atomic mass is 9.83. The van der Waals surface area contributed by atoms with E-state index >= 15 is 0 Å². The summed E-state index contributed by atoms with van der Waals surface area (Å²) in [4.78, 5) is 15.7. The first kappa shape index (κ1) is 16.6. The molecule has 4 heterocycles. The van der Waals surface area contributed by atoms with E-state index in [0.717, 1.165) is 23.4 Å². The van der Waals surface area contributed by atoms with Crippen LogP contribution in [-0.4, -0.2) is 43.6 Å². The van der Waals surface area contributed by atoms with E-state index in [1.807, 2.05) is 35.7 Å². The van der Waals surface area contributed by atoms with Gasteiger partial charge in [-0.25, -0.2) is 0 Å². The number of amides is 1. The molecular formula is C20H24N2O2S. The first-order valence-electron chi connectivity index (χ1n) is 8.94. The fraction of sp³-hybridized carbons (Fsp3) is 0.450. The van der Waals surface area contributed by atoms with Crippen molar-refractivity contribution in [3.8, 4) is 5.75 Å². The van der Waals surface area contributed by atoms with Crippen LogP contribution in [0.15, 0.2) is 41.1 Å². The van der Waals surface area contributed by atoms with E-state index in [-0.39, 0.29) is 17.9 Å². The number of fused-ring (bicyclic) bond motifs is 3. The molecule has 5 heteroatoms. The molecule has 0 aliphatic carbocycles. The summed E-state index contributed by atoms with van der Waals surface area (Å²) < 4.78 is 5.53. The van der Waals surface area contributed by atoms with E-state index in [2.05, 4.69) is 15.6 Å². The van der Waals surface area contributed by atoms with E-state index in [0.29, 0.717) is 5.92 Å². The molecular weight excluding hydrogens is 332 g/mol. The highest BCUT2D eigenvalue weighted by Gasteiger charge is 2.36. The summed E-state index contributed by atoms with van der Waals surface area (Å²) in [5, 5.41) is 7.45. The summed E-state index contributed by atoms with van der Waals surface area (Å²) in [5.74, 6) is 1.15. The van der Waals surface area contributed by atoms with Gasteiger partial charge in [0.1, 0.15) is 5.75 Å². The Balaban J connectivity index is 1.61. The van der Waals surface area contributed by atoms with Gasteiger partial charge in [0.2, 0.25) is 5.91 Å². The quantitative estimate of drug-likeness (QED) is 0.895. The van der Waals surface area contributed by atoms with E-state index in [9.17, 15) is 4.79 Å². The highest BCUT2D eigenvalue weighted by atomic mass is 32.1. The summed E-state index contributed by atoms with van der Waals surface area (Å²) in [6, 6.07) is 10.1. The van der Waals surface area contributed by atoms with Crippen molar-refractivity contribution >= 4 is 17.2 Å². The van der Waals surface area contributed by atoms with Crippen molar-refractivity contribution in [3.05, 3.63) is 52.2 Å². The highest BCUT2D eigenvalue weighted by Crippen LogP contribution is 2.34. The van der Waals surface area contributed by atoms with E-state index in [1.165, 1.54) is 25.9 Å². The van der Waals surface area contributed by atoms with Crippen molar-refractivity contribution in [3.63, 3.8) is 0 Å². The van der Waals surface area contributed by atoms with Crippen LogP contribution in [0.3, 0.4) is 0 Å². The first-order chi connectivity index (χ1) is 12.3. The van der Waals surface area contributed by atoms with Gasteiger partial charge >= 0.3 is 0 Å². The summed E-state index contributed by atoms with van der Waals surface area (Å²) >= 11 is 1.62. The molecule has 3 aliphatic heterocycles. The molecule has 0 radical (unpaired) electrons. The molecule has 5 rings (SSSR count). The largest absolute Gasteiger partial charge is 0.496 e. The number of rotatable bonds is 5. The minimum absolute atomic E-state index is 0.0849. The van der Waals surface area contributed by atoms with Gasteiger partial charge < -0.3 is 15.0 Å². The Hall–Kier alpha value is -1.85. The molecule has 1 N–H and O–H groups in total. The zero-order valence-electron chi connectivity index (χ0n) is 14.5. The monoisotopic (exact) mass is 356 g/mol. The number of hydrogen-bond acceptors (Lipinski definition) is 4. The Morgan fingerprint density at radius 3 is 2.72 bits per heavy atom. The molecule has 0 spiro atoms. The smallest absolute Gasteiger partial charge is 0.232 e. The van der Waals surface area contributed by atoms with Crippen molar-refractivity contribution in [2.45, 2.75) is 24.8 Å². The maximum atomic E-state index is 13.3. The second-order valence-electron chi connectivity index (χ2n) is 6.98. The molecule has 132 valence electrons. The number of benzene rings is 1. The molecule has 1 aromatic heterocycles. The van der Waals surface area contributed by atoms with Crippen LogP contribution >= 0.6 is 11.3 Å². The summed E-state index contributed by atoms with van der Waals surface area (Å²) in [6.07, 6.45) is 2.39. The number of nitrogens with zero attached hydrogens (tertiary/aromatic N) is 1.